The SMILES string of the molecule is C[C@@H]1CCc2c(sc3nc(C4CC4)nc(SCC(=O)N4CCCC[C@H]4C)c23)C1. The molecular weight excluding hydrogens is 386 g/mol. The molecule has 6 heteroatoms. The molecule has 0 unspecified atom stereocenters. The van der Waals surface area contributed by atoms with Gasteiger partial charge in [0.15, 0.2) is 0 Å². The van der Waals surface area contributed by atoms with Gasteiger partial charge in [-0.2, -0.15) is 0 Å². The minimum atomic E-state index is 0.273. The van der Waals surface area contributed by atoms with Crippen LogP contribution in [0.3, 0.4) is 0 Å². The third kappa shape index (κ3) is 3.58. The van der Waals surface area contributed by atoms with Gasteiger partial charge in [0.1, 0.15) is 15.7 Å². The van der Waals surface area contributed by atoms with Crippen LogP contribution in [-0.2, 0) is 17.6 Å². The fourth-order valence-corrected chi connectivity index (χ4v) is 7.04. The number of nitrogens with zero attached hydrogens (tertiary/aromatic N) is 3. The summed E-state index contributed by atoms with van der Waals surface area (Å²) in [6.07, 6.45) is 9.49. The number of hydrogen-bond donors (Lipinski definition) is 0. The smallest absolute Gasteiger partial charge is 0.233 e. The molecule has 1 saturated carbocycles. The Kier molecular flexibility index (Phi) is 5.12. The zero-order valence-corrected chi connectivity index (χ0v) is 18.5. The van der Waals surface area contributed by atoms with Crippen molar-refractivity contribution in [3.8, 4) is 0 Å². The van der Waals surface area contributed by atoms with Gasteiger partial charge in [-0.05, 0) is 69.8 Å². The maximum atomic E-state index is 12.9. The maximum absolute atomic E-state index is 12.9. The van der Waals surface area contributed by atoms with E-state index in [2.05, 4.69) is 18.7 Å². The molecule has 2 aromatic rings. The van der Waals surface area contributed by atoms with E-state index in [1.165, 1.54) is 47.9 Å². The van der Waals surface area contributed by atoms with Gasteiger partial charge in [0.05, 0.1) is 5.75 Å². The molecule has 0 N–H and O–H groups in total. The molecule has 28 heavy (non-hydrogen) atoms. The molecule has 2 aromatic heterocycles. The summed E-state index contributed by atoms with van der Waals surface area (Å²) in [5, 5.41) is 2.33. The van der Waals surface area contributed by atoms with Gasteiger partial charge in [-0.1, -0.05) is 18.7 Å². The highest BCUT2D eigenvalue weighted by Gasteiger charge is 2.31. The lowest BCUT2D eigenvalue weighted by atomic mass is 9.89. The number of thiophene rings is 1. The standard InChI is InChI=1S/C22H29N3OS2/c1-13-6-9-16-17(11-13)28-22-19(16)21(23-20(24-22)15-7-8-15)27-12-18(26)25-10-4-3-5-14(25)2/h13-15H,3-12H2,1-2H3/t13-,14-/m1/s1. The van der Waals surface area contributed by atoms with E-state index in [-0.39, 0.29) is 5.91 Å². The highest BCUT2D eigenvalue weighted by molar-refractivity contribution is 8.00. The molecule has 2 aliphatic carbocycles. The Bertz CT molecular complexity index is 905. The summed E-state index contributed by atoms with van der Waals surface area (Å²) in [7, 11) is 0. The van der Waals surface area contributed by atoms with E-state index >= 15 is 0 Å². The van der Waals surface area contributed by atoms with Crippen LogP contribution in [0.25, 0.3) is 10.2 Å². The average molecular weight is 416 g/mol. The van der Waals surface area contributed by atoms with Crippen molar-refractivity contribution in [2.75, 3.05) is 12.3 Å². The predicted molar refractivity (Wildman–Crippen MR) is 116 cm³/mol. The molecule has 2 atom stereocenters. The van der Waals surface area contributed by atoms with Crippen LogP contribution < -0.4 is 0 Å². The topological polar surface area (TPSA) is 46.1 Å². The van der Waals surface area contributed by atoms with Crippen molar-refractivity contribution in [2.45, 2.75) is 82.2 Å². The van der Waals surface area contributed by atoms with Crippen molar-refractivity contribution < 1.29 is 4.79 Å². The molecule has 0 spiro atoms. The van der Waals surface area contributed by atoms with Crippen molar-refractivity contribution in [3.05, 3.63) is 16.3 Å². The second-order valence-electron chi connectivity index (χ2n) is 8.91. The zero-order chi connectivity index (χ0) is 19.3. The van der Waals surface area contributed by atoms with Gasteiger partial charge in [-0.25, -0.2) is 9.97 Å². The Balaban J connectivity index is 1.44. The normalized spacial score (nSPS) is 25.1. The van der Waals surface area contributed by atoms with Crippen LogP contribution in [-0.4, -0.2) is 39.1 Å². The Morgan fingerprint density at radius 3 is 2.82 bits per heavy atom. The first-order valence-electron chi connectivity index (χ1n) is 10.8. The largest absolute Gasteiger partial charge is 0.339 e. The summed E-state index contributed by atoms with van der Waals surface area (Å²) < 4.78 is 0. The van der Waals surface area contributed by atoms with Crippen molar-refractivity contribution in [2.24, 2.45) is 5.92 Å². The monoisotopic (exact) mass is 415 g/mol. The van der Waals surface area contributed by atoms with Crippen molar-refractivity contribution in [1.82, 2.24) is 14.9 Å². The van der Waals surface area contributed by atoms with Gasteiger partial charge in [0.2, 0.25) is 5.91 Å². The third-order valence-electron chi connectivity index (χ3n) is 6.54. The fraction of sp³-hybridized carbons (Fsp3) is 0.682. The van der Waals surface area contributed by atoms with E-state index in [1.54, 1.807) is 11.8 Å². The summed E-state index contributed by atoms with van der Waals surface area (Å²) in [4.78, 5) is 27.6. The first kappa shape index (κ1) is 18.9. The van der Waals surface area contributed by atoms with Gasteiger partial charge in [0, 0.05) is 28.8 Å². The number of rotatable bonds is 4. The summed E-state index contributed by atoms with van der Waals surface area (Å²) in [5.41, 5.74) is 1.47. The fourth-order valence-electron chi connectivity index (χ4n) is 4.63. The highest BCUT2D eigenvalue weighted by atomic mass is 32.2. The van der Waals surface area contributed by atoms with Crippen molar-refractivity contribution in [1.29, 1.82) is 0 Å². The van der Waals surface area contributed by atoms with Crippen molar-refractivity contribution >= 4 is 39.2 Å². The molecule has 5 rings (SSSR count). The van der Waals surface area contributed by atoms with Crippen LogP contribution in [0.1, 0.15) is 74.6 Å². The van der Waals surface area contributed by atoms with Crippen LogP contribution in [0.4, 0.5) is 0 Å². The molecule has 1 amide bonds. The van der Waals surface area contributed by atoms with E-state index in [0.717, 1.165) is 47.4 Å². The summed E-state index contributed by atoms with van der Waals surface area (Å²) >= 11 is 3.54. The van der Waals surface area contributed by atoms with Gasteiger partial charge >= 0.3 is 0 Å². The molecule has 150 valence electrons. The molecule has 4 nitrogen and oxygen atoms in total. The van der Waals surface area contributed by atoms with E-state index in [1.807, 2.05) is 11.3 Å². The van der Waals surface area contributed by atoms with Crippen LogP contribution in [0.15, 0.2) is 5.03 Å². The minimum Gasteiger partial charge on any atom is -0.339 e. The predicted octanol–water partition coefficient (Wildman–Crippen LogP) is 5.19. The van der Waals surface area contributed by atoms with Crippen LogP contribution >= 0.6 is 23.1 Å². The molecule has 0 bridgehead atoms. The van der Waals surface area contributed by atoms with Gasteiger partial charge < -0.3 is 4.90 Å². The van der Waals surface area contributed by atoms with Gasteiger partial charge in [-0.3, -0.25) is 4.79 Å². The molecule has 0 aromatic carbocycles. The molecule has 1 saturated heterocycles. The summed E-state index contributed by atoms with van der Waals surface area (Å²) in [5.74, 6) is 3.09. The average Bonchev–Trinajstić information content (AvgIpc) is 3.47. The molecule has 0 radical (unpaired) electrons. The number of hydrogen-bond acceptors (Lipinski definition) is 5. The lowest BCUT2D eigenvalue weighted by molar-refractivity contribution is -0.131. The van der Waals surface area contributed by atoms with Gasteiger partial charge in [0.25, 0.3) is 0 Å². The number of carbonyl (C=O) groups excluding carboxylic acids is 1. The molecule has 3 aliphatic rings. The molecule has 3 heterocycles. The van der Waals surface area contributed by atoms with E-state index in [0.29, 0.717) is 17.7 Å². The number of piperidine rings is 1. The Morgan fingerprint density at radius 1 is 1.18 bits per heavy atom. The lowest BCUT2D eigenvalue weighted by Gasteiger charge is -2.33. The number of carbonyl (C=O) groups is 1. The Morgan fingerprint density at radius 2 is 2.04 bits per heavy atom. The molecule has 1 aliphatic heterocycles. The van der Waals surface area contributed by atoms with Crippen molar-refractivity contribution in [3.63, 3.8) is 0 Å². The summed E-state index contributed by atoms with van der Waals surface area (Å²) in [6.45, 7) is 5.45. The first-order chi connectivity index (χ1) is 13.6. The summed E-state index contributed by atoms with van der Waals surface area (Å²) in [6, 6.07) is 0.379. The minimum absolute atomic E-state index is 0.273. The third-order valence-corrected chi connectivity index (χ3v) is 8.65. The number of aryl methyl sites for hydroxylation is 1. The molecular formula is C22H29N3OS2. The highest BCUT2D eigenvalue weighted by Crippen LogP contribution is 2.44. The van der Waals surface area contributed by atoms with Crippen LogP contribution in [0, 0.1) is 5.92 Å². The second-order valence-corrected chi connectivity index (χ2v) is 11.0. The first-order valence-corrected chi connectivity index (χ1v) is 12.6. The second kappa shape index (κ2) is 7.60. The molecule has 2 fully saturated rings. The number of thioether (sulfide) groups is 1. The quantitative estimate of drug-likeness (QED) is 0.509. The lowest BCUT2D eigenvalue weighted by Crippen LogP contribution is -2.42. The number of aromatic nitrogens is 2. The van der Waals surface area contributed by atoms with E-state index in [9.17, 15) is 4.79 Å². The Labute approximate surface area is 175 Å². The Hall–Kier alpha value is -1.14. The number of amides is 1. The zero-order valence-electron chi connectivity index (χ0n) is 16.9. The number of likely N-dealkylation sites (tertiary alicyclic amines) is 1. The van der Waals surface area contributed by atoms with E-state index in [4.69, 9.17) is 9.97 Å². The van der Waals surface area contributed by atoms with Crippen LogP contribution in [0.2, 0.25) is 0 Å². The van der Waals surface area contributed by atoms with Crippen LogP contribution in [0.5, 0.6) is 0 Å². The van der Waals surface area contributed by atoms with Gasteiger partial charge in [-0.15, -0.1) is 11.3 Å². The maximum Gasteiger partial charge on any atom is 0.233 e. The van der Waals surface area contributed by atoms with E-state index < -0.39 is 0 Å². The number of fused-ring (bicyclic) bond motifs is 3.